The zero-order valence-corrected chi connectivity index (χ0v) is 12.2. The highest BCUT2D eigenvalue weighted by atomic mass is 32.2. The molecule has 1 aromatic heterocycles. The van der Waals surface area contributed by atoms with Gasteiger partial charge in [0.25, 0.3) is 0 Å². The van der Waals surface area contributed by atoms with Crippen molar-refractivity contribution in [2.75, 3.05) is 6.61 Å². The first kappa shape index (κ1) is 13.7. The van der Waals surface area contributed by atoms with Crippen LogP contribution in [0.3, 0.4) is 0 Å². The fraction of sp³-hybridized carbons (Fsp3) is 0.118. The number of para-hydroxylation sites is 2. The van der Waals surface area contributed by atoms with E-state index in [1.807, 2.05) is 42.5 Å². The SMILES string of the molecule is OCC#Cc1cccc(CSc2nc3ccccc3[nH]2)c1. The second-order valence-electron chi connectivity index (χ2n) is 4.51. The summed E-state index contributed by atoms with van der Waals surface area (Å²) >= 11 is 1.67. The summed E-state index contributed by atoms with van der Waals surface area (Å²) in [6.07, 6.45) is 0. The molecule has 0 fully saturated rings. The molecule has 0 saturated carbocycles. The van der Waals surface area contributed by atoms with Crippen LogP contribution in [-0.2, 0) is 5.75 Å². The summed E-state index contributed by atoms with van der Waals surface area (Å²) in [6.45, 7) is -0.113. The minimum atomic E-state index is -0.113. The number of nitrogens with zero attached hydrogens (tertiary/aromatic N) is 1. The molecule has 0 bridgehead atoms. The lowest BCUT2D eigenvalue weighted by Crippen LogP contribution is -1.84. The summed E-state index contributed by atoms with van der Waals surface area (Å²) in [7, 11) is 0. The predicted octanol–water partition coefficient (Wildman–Crippen LogP) is 3.20. The Morgan fingerprint density at radius 2 is 2.05 bits per heavy atom. The number of fused-ring (bicyclic) bond motifs is 1. The Bertz CT molecular complexity index is 781. The topological polar surface area (TPSA) is 48.9 Å². The van der Waals surface area contributed by atoms with Crippen molar-refractivity contribution >= 4 is 22.8 Å². The molecule has 4 heteroatoms. The van der Waals surface area contributed by atoms with Crippen LogP contribution in [0.2, 0.25) is 0 Å². The van der Waals surface area contributed by atoms with Crippen LogP contribution in [0.25, 0.3) is 11.0 Å². The smallest absolute Gasteiger partial charge is 0.166 e. The van der Waals surface area contributed by atoms with Gasteiger partial charge in [0, 0.05) is 11.3 Å². The first-order chi connectivity index (χ1) is 10.3. The van der Waals surface area contributed by atoms with Crippen LogP contribution in [0.4, 0.5) is 0 Å². The third kappa shape index (κ3) is 3.46. The predicted molar refractivity (Wildman–Crippen MR) is 86.1 cm³/mol. The number of benzene rings is 2. The first-order valence-electron chi connectivity index (χ1n) is 6.61. The average molecular weight is 294 g/mol. The molecule has 21 heavy (non-hydrogen) atoms. The highest BCUT2D eigenvalue weighted by molar-refractivity contribution is 7.98. The summed E-state index contributed by atoms with van der Waals surface area (Å²) < 4.78 is 0. The number of hydrogen-bond donors (Lipinski definition) is 2. The molecule has 3 rings (SSSR count). The van der Waals surface area contributed by atoms with Gasteiger partial charge in [-0.15, -0.1) is 0 Å². The van der Waals surface area contributed by atoms with E-state index in [-0.39, 0.29) is 6.61 Å². The fourth-order valence-corrected chi connectivity index (χ4v) is 2.86. The Balaban J connectivity index is 1.72. The minimum absolute atomic E-state index is 0.113. The molecular weight excluding hydrogens is 280 g/mol. The van der Waals surface area contributed by atoms with Crippen molar-refractivity contribution in [2.45, 2.75) is 10.9 Å². The van der Waals surface area contributed by atoms with E-state index < -0.39 is 0 Å². The van der Waals surface area contributed by atoms with Crippen molar-refractivity contribution < 1.29 is 5.11 Å². The second kappa shape index (κ2) is 6.49. The Labute approximate surface area is 127 Å². The number of aromatic nitrogens is 2. The van der Waals surface area contributed by atoms with E-state index in [1.165, 1.54) is 5.56 Å². The number of thioether (sulfide) groups is 1. The van der Waals surface area contributed by atoms with Crippen molar-refractivity contribution in [1.82, 2.24) is 9.97 Å². The number of hydrogen-bond acceptors (Lipinski definition) is 3. The number of aromatic amines is 1. The molecule has 0 amide bonds. The van der Waals surface area contributed by atoms with Gasteiger partial charge in [-0.1, -0.05) is 47.9 Å². The van der Waals surface area contributed by atoms with Crippen molar-refractivity contribution in [1.29, 1.82) is 0 Å². The van der Waals surface area contributed by atoms with Crippen molar-refractivity contribution in [3.05, 3.63) is 59.7 Å². The highest BCUT2D eigenvalue weighted by Gasteiger charge is 2.03. The van der Waals surface area contributed by atoms with Gasteiger partial charge in [0.2, 0.25) is 0 Å². The Morgan fingerprint density at radius 1 is 1.14 bits per heavy atom. The molecule has 3 nitrogen and oxygen atoms in total. The standard InChI is InChI=1S/C17H14N2OS/c20-10-4-7-13-5-3-6-14(11-13)12-21-17-18-15-8-1-2-9-16(15)19-17/h1-3,5-6,8-9,11,20H,10,12H2,(H,18,19). The van der Waals surface area contributed by atoms with E-state index in [9.17, 15) is 0 Å². The summed E-state index contributed by atoms with van der Waals surface area (Å²) in [5.41, 5.74) is 4.15. The molecule has 0 unspecified atom stereocenters. The lowest BCUT2D eigenvalue weighted by Gasteiger charge is -2.00. The number of aliphatic hydroxyl groups excluding tert-OH is 1. The van der Waals surface area contributed by atoms with Crippen LogP contribution in [0, 0.1) is 11.8 Å². The van der Waals surface area contributed by atoms with Crippen molar-refractivity contribution in [3.8, 4) is 11.8 Å². The summed E-state index contributed by atoms with van der Waals surface area (Å²) in [6, 6.07) is 16.0. The molecule has 2 N–H and O–H groups in total. The van der Waals surface area contributed by atoms with Crippen LogP contribution in [0.15, 0.2) is 53.7 Å². The van der Waals surface area contributed by atoms with Crippen LogP contribution >= 0.6 is 11.8 Å². The maximum absolute atomic E-state index is 8.73. The van der Waals surface area contributed by atoms with Crippen LogP contribution < -0.4 is 0 Å². The summed E-state index contributed by atoms with van der Waals surface area (Å²) in [4.78, 5) is 7.85. The number of aliphatic hydroxyl groups is 1. The molecule has 3 aromatic rings. The number of imidazole rings is 1. The highest BCUT2D eigenvalue weighted by Crippen LogP contribution is 2.23. The fourth-order valence-electron chi connectivity index (χ4n) is 2.03. The zero-order valence-electron chi connectivity index (χ0n) is 11.3. The van der Waals surface area contributed by atoms with Crippen LogP contribution in [0.5, 0.6) is 0 Å². The lowest BCUT2D eigenvalue weighted by atomic mass is 10.1. The van der Waals surface area contributed by atoms with Gasteiger partial charge in [-0.25, -0.2) is 4.98 Å². The molecule has 0 radical (unpaired) electrons. The van der Waals surface area contributed by atoms with Gasteiger partial charge in [-0.2, -0.15) is 0 Å². The molecule has 104 valence electrons. The Kier molecular flexibility index (Phi) is 4.25. The van der Waals surface area contributed by atoms with E-state index in [0.717, 1.165) is 27.5 Å². The monoisotopic (exact) mass is 294 g/mol. The molecule has 0 aliphatic carbocycles. The van der Waals surface area contributed by atoms with Gasteiger partial charge in [0.15, 0.2) is 5.16 Å². The molecule has 0 aliphatic heterocycles. The summed E-state index contributed by atoms with van der Waals surface area (Å²) in [5.74, 6) is 6.41. The zero-order chi connectivity index (χ0) is 14.5. The molecular formula is C17H14N2OS. The average Bonchev–Trinajstić information content (AvgIpc) is 2.94. The molecule has 0 atom stereocenters. The third-order valence-electron chi connectivity index (χ3n) is 2.98. The van der Waals surface area contributed by atoms with Gasteiger partial charge >= 0.3 is 0 Å². The second-order valence-corrected chi connectivity index (χ2v) is 5.47. The maximum atomic E-state index is 8.73. The third-order valence-corrected chi connectivity index (χ3v) is 3.93. The quantitative estimate of drug-likeness (QED) is 0.576. The van der Waals surface area contributed by atoms with Crippen molar-refractivity contribution in [2.24, 2.45) is 0 Å². The van der Waals surface area contributed by atoms with Gasteiger partial charge in [-0.05, 0) is 29.8 Å². The largest absolute Gasteiger partial charge is 0.384 e. The van der Waals surface area contributed by atoms with Gasteiger partial charge in [0.05, 0.1) is 11.0 Å². The van der Waals surface area contributed by atoms with E-state index in [4.69, 9.17) is 5.11 Å². The first-order valence-corrected chi connectivity index (χ1v) is 7.60. The van der Waals surface area contributed by atoms with E-state index >= 15 is 0 Å². The van der Waals surface area contributed by atoms with E-state index in [0.29, 0.717) is 0 Å². The molecule has 0 spiro atoms. The molecule has 2 aromatic carbocycles. The normalized spacial score (nSPS) is 10.3. The van der Waals surface area contributed by atoms with Gasteiger partial charge < -0.3 is 10.1 Å². The Morgan fingerprint density at radius 3 is 2.90 bits per heavy atom. The number of rotatable bonds is 3. The lowest BCUT2D eigenvalue weighted by molar-refractivity contribution is 0.350. The summed E-state index contributed by atoms with van der Waals surface area (Å²) in [5, 5.41) is 9.65. The molecule has 1 heterocycles. The van der Waals surface area contributed by atoms with Crippen LogP contribution in [-0.4, -0.2) is 21.7 Å². The minimum Gasteiger partial charge on any atom is -0.384 e. The molecule has 0 aliphatic rings. The number of nitrogens with one attached hydrogen (secondary N) is 1. The number of H-pyrrole nitrogens is 1. The Hall–Kier alpha value is -2.22. The van der Waals surface area contributed by atoms with Gasteiger partial charge in [0.1, 0.15) is 6.61 Å². The van der Waals surface area contributed by atoms with Crippen LogP contribution in [0.1, 0.15) is 11.1 Å². The van der Waals surface area contributed by atoms with Gasteiger partial charge in [-0.3, -0.25) is 0 Å². The maximum Gasteiger partial charge on any atom is 0.166 e. The molecule has 0 saturated heterocycles. The van der Waals surface area contributed by atoms with E-state index in [1.54, 1.807) is 11.8 Å². The van der Waals surface area contributed by atoms with E-state index in [2.05, 4.69) is 27.9 Å². The van der Waals surface area contributed by atoms with Crippen molar-refractivity contribution in [3.63, 3.8) is 0 Å².